The third-order valence-electron chi connectivity index (χ3n) is 2.83. The second-order valence-corrected chi connectivity index (χ2v) is 4.38. The van der Waals surface area contributed by atoms with Crippen LogP contribution in [0.2, 0.25) is 0 Å². The van der Waals surface area contributed by atoms with Crippen LogP contribution in [0.4, 0.5) is 0 Å². The molecule has 0 fully saturated rings. The fourth-order valence-electron chi connectivity index (χ4n) is 1.89. The number of ether oxygens (including phenoxy) is 1. The molecular formula is C14H18N2O2. The molecule has 0 aliphatic rings. The van der Waals surface area contributed by atoms with Gasteiger partial charge in [-0.3, -0.25) is 4.79 Å². The number of aryl methyl sites for hydroxylation is 1. The molecule has 0 aliphatic heterocycles. The molecule has 0 unspecified atom stereocenters. The van der Waals surface area contributed by atoms with Gasteiger partial charge in [-0.2, -0.15) is 0 Å². The highest BCUT2D eigenvalue weighted by Crippen LogP contribution is 2.16. The van der Waals surface area contributed by atoms with Crippen LogP contribution >= 0.6 is 0 Å². The van der Waals surface area contributed by atoms with E-state index in [0.29, 0.717) is 18.8 Å². The minimum Gasteiger partial charge on any atom is -0.385 e. The molecule has 2 N–H and O–H groups in total. The number of hydrogen-bond donors (Lipinski definition) is 2. The number of amides is 1. The Hall–Kier alpha value is -1.81. The molecule has 1 aromatic heterocycles. The molecule has 0 bridgehead atoms. The van der Waals surface area contributed by atoms with Gasteiger partial charge in [0.25, 0.3) is 5.91 Å². The van der Waals surface area contributed by atoms with E-state index < -0.39 is 0 Å². The van der Waals surface area contributed by atoms with Crippen molar-refractivity contribution in [3.05, 3.63) is 35.5 Å². The molecule has 1 aromatic carbocycles. The van der Waals surface area contributed by atoms with E-state index in [1.165, 1.54) is 5.56 Å². The van der Waals surface area contributed by atoms with Crippen LogP contribution in [0.15, 0.2) is 24.3 Å². The molecule has 0 radical (unpaired) electrons. The molecule has 2 aromatic rings. The number of rotatable bonds is 5. The number of carbonyl (C=O) groups is 1. The van der Waals surface area contributed by atoms with E-state index in [4.69, 9.17) is 4.74 Å². The molecule has 96 valence electrons. The summed E-state index contributed by atoms with van der Waals surface area (Å²) in [5, 5.41) is 3.93. The third-order valence-corrected chi connectivity index (χ3v) is 2.83. The lowest BCUT2D eigenvalue weighted by Crippen LogP contribution is -2.25. The number of methoxy groups -OCH3 is 1. The number of benzene rings is 1. The molecule has 4 nitrogen and oxygen atoms in total. The van der Waals surface area contributed by atoms with Crippen molar-refractivity contribution in [2.45, 2.75) is 13.3 Å². The van der Waals surface area contributed by atoms with E-state index in [1.807, 2.05) is 25.1 Å². The lowest BCUT2D eigenvalue weighted by molar-refractivity contribution is 0.0944. The van der Waals surface area contributed by atoms with E-state index in [1.54, 1.807) is 7.11 Å². The molecule has 1 heterocycles. The van der Waals surface area contributed by atoms with Gasteiger partial charge in [-0.15, -0.1) is 0 Å². The molecule has 4 heteroatoms. The zero-order valence-electron chi connectivity index (χ0n) is 10.7. The minimum atomic E-state index is -0.0695. The molecule has 0 spiro atoms. The first-order valence-electron chi connectivity index (χ1n) is 6.07. The second-order valence-electron chi connectivity index (χ2n) is 4.38. The molecule has 0 saturated heterocycles. The predicted octanol–water partition coefficient (Wildman–Crippen LogP) is 2.24. The van der Waals surface area contributed by atoms with Gasteiger partial charge in [0, 0.05) is 31.2 Å². The highest BCUT2D eigenvalue weighted by Gasteiger charge is 2.08. The van der Waals surface area contributed by atoms with E-state index in [2.05, 4.69) is 16.4 Å². The number of aromatic nitrogens is 1. The number of H-pyrrole nitrogens is 1. The Bertz CT molecular complexity index is 546. The topological polar surface area (TPSA) is 54.1 Å². The lowest BCUT2D eigenvalue weighted by atomic mass is 10.2. The Balaban J connectivity index is 2.04. The summed E-state index contributed by atoms with van der Waals surface area (Å²) in [6.45, 7) is 3.32. The van der Waals surface area contributed by atoms with Gasteiger partial charge < -0.3 is 15.0 Å². The maximum absolute atomic E-state index is 11.9. The molecule has 0 aliphatic carbocycles. The van der Waals surface area contributed by atoms with Gasteiger partial charge in [0.15, 0.2) is 0 Å². The van der Waals surface area contributed by atoms with Crippen molar-refractivity contribution in [3.63, 3.8) is 0 Å². The van der Waals surface area contributed by atoms with Crippen molar-refractivity contribution in [3.8, 4) is 0 Å². The van der Waals surface area contributed by atoms with Crippen LogP contribution in [0, 0.1) is 6.92 Å². The van der Waals surface area contributed by atoms with E-state index in [-0.39, 0.29) is 5.91 Å². The van der Waals surface area contributed by atoms with Crippen molar-refractivity contribution in [2.24, 2.45) is 0 Å². The van der Waals surface area contributed by atoms with Crippen molar-refractivity contribution in [1.82, 2.24) is 10.3 Å². The van der Waals surface area contributed by atoms with Gasteiger partial charge >= 0.3 is 0 Å². The quantitative estimate of drug-likeness (QED) is 0.795. The second kappa shape index (κ2) is 5.69. The Kier molecular flexibility index (Phi) is 3.99. The molecule has 18 heavy (non-hydrogen) atoms. The fourth-order valence-corrected chi connectivity index (χ4v) is 1.89. The van der Waals surface area contributed by atoms with Crippen molar-refractivity contribution < 1.29 is 9.53 Å². The summed E-state index contributed by atoms with van der Waals surface area (Å²) in [6.07, 6.45) is 0.821. The van der Waals surface area contributed by atoms with Crippen LogP contribution in [-0.2, 0) is 4.74 Å². The smallest absolute Gasteiger partial charge is 0.267 e. The van der Waals surface area contributed by atoms with Gasteiger partial charge in [-0.05, 0) is 31.5 Å². The summed E-state index contributed by atoms with van der Waals surface area (Å²) < 4.78 is 4.93. The zero-order valence-corrected chi connectivity index (χ0v) is 10.7. The SMILES string of the molecule is COCCCNC(=O)c1cc2cc(C)ccc2[nH]1. The van der Waals surface area contributed by atoms with Gasteiger partial charge in [0.05, 0.1) is 0 Å². The Labute approximate surface area is 106 Å². The van der Waals surface area contributed by atoms with Gasteiger partial charge in [-0.1, -0.05) is 11.6 Å². The average Bonchev–Trinajstić information content (AvgIpc) is 2.77. The van der Waals surface area contributed by atoms with Crippen molar-refractivity contribution in [1.29, 1.82) is 0 Å². The fraction of sp³-hybridized carbons (Fsp3) is 0.357. The monoisotopic (exact) mass is 246 g/mol. The summed E-state index contributed by atoms with van der Waals surface area (Å²) in [6, 6.07) is 7.97. The van der Waals surface area contributed by atoms with E-state index in [9.17, 15) is 4.79 Å². The third kappa shape index (κ3) is 2.90. The van der Waals surface area contributed by atoms with E-state index in [0.717, 1.165) is 17.3 Å². The summed E-state index contributed by atoms with van der Waals surface area (Å²) in [7, 11) is 1.65. The van der Waals surface area contributed by atoms with Crippen LogP contribution in [0.5, 0.6) is 0 Å². The molecule has 1 amide bonds. The minimum absolute atomic E-state index is 0.0695. The number of aromatic amines is 1. The van der Waals surface area contributed by atoms with Crippen LogP contribution in [0.25, 0.3) is 10.9 Å². The molecule has 2 rings (SSSR count). The zero-order chi connectivity index (χ0) is 13.0. The lowest BCUT2D eigenvalue weighted by Gasteiger charge is -2.02. The van der Waals surface area contributed by atoms with Crippen molar-refractivity contribution in [2.75, 3.05) is 20.3 Å². The highest BCUT2D eigenvalue weighted by molar-refractivity contribution is 5.98. The first-order chi connectivity index (χ1) is 8.70. The number of fused-ring (bicyclic) bond motifs is 1. The maximum Gasteiger partial charge on any atom is 0.267 e. The average molecular weight is 246 g/mol. The Morgan fingerprint density at radius 2 is 2.22 bits per heavy atom. The summed E-state index contributed by atoms with van der Waals surface area (Å²) in [5.74, 6) is -0.0695. The van der Waals surface area contributed by atoms with Gasteiger partial charge in [-0.25, -0.2) is 0 Å². The Morgan fingerprint density at radius 3 is 3.00 bits per heavy atom. The van der Waals surface area contributed by atoms with Crippen LogP contribution < -0.4 is 5.32 Å². The molecular weight excluding hydrogens is 228 g/mol. The molecule has 0 atom stereocenters. The normalized spacial score (nSPS) is 10.8. The van der Waals surface area contributed by atoms with Crippen LogP contribution in [0.1, 0.15) is 22.5 Å². The summed E-state index contributed by atoms with van der Waals surface area (Å²) in [5.41, 5.74) is 2.78. The first kappa shape index (κ1) is 12.6. The van der Waals surface area contributed by atoms with Gasteiger partial charge in [0.1, 0.15) is 5.69 Å². The highest BCUT2D eigenvalue weighted by atomic mass is 16.5. The predicted molar refractivity (Wildman–Crippen MR) is 71.9 cm³/mol. The Morgan fingerprint density at radius 1 is 1.39 bits per heavy atom. The largest absolute Gasteiger partial charge is 0.385 e. The van der Waals surface area contributed by atoms with Crippen LogP contribution in [0.3, 0.4) is 0 Å². The first-order valence-corrected chi connectivity index (χ1v) is 6.07. The number of carbonyl (C=O) groups excluding carboxylic acids is 1. The van der Waals surface area contributed by atoms with Crippen LogP contribution in [-0.4, -0.2) is 31.2 Å². The van der Waals surface area contributed by atoms with E-state index >= 15 is 0 Å². The van der Waals surface area contributed by atoms with Gasteiger partial charge in [0.2, 0.25) is 0 Å². The number of hydrogen-bond acceptors (Lipinski definition) is 2. The number of nitrogens with one attached hydrogen (secondary N) is 2. The standard InChI is InChI=1S/C14H18N2O2/c1-10-4-5-12-11(8-10)9-13(16-12)14(17)15-6-3-7-18-2/h4-5,8-9,16H,3,6-7H2,1-2H3,(H,15,17). The summed E-state index contributed by atoms with van der Waals surface area (Å²) in [4.78, 5) is 15.0. The summed E-state index contributed by atoms with van der Waals surface area (Å²) >= 11 is 0. The van der Waals surface area contributed by atoms with Crippen molar-refractivity contribution >= 4 is 16.8 Å². The maximum atomic E-state index is 11.9. The molecule has 0 saturated carbocycles.